The van der Waals surface area contributed by atoms with Crippen molar-refractivity contribution < 1.29 is 32.5 Å². The maximum absolute atomic E-state index is 12.7. The lowest BCUT2D eigenvalue weighted by Crippen LogP contribution is -2.11. The molecule has 4 nitrogen and oxygen atoms in total. The van der Waals surface area contributed by atoms with E-state index in [1.54, 1.807) is 11.8 Å². The van der Waals surface area contributed by atoms with Gasteiger partial charge in [0, 0.05) is 9.79 Å². The average molecular weight is 517 g/mol. The van der Waals surface area contributed by atoms with Crippen LogP contribution < -0.4 is 9.47 Å². The van der Waals surface area contributed by atoms with Crippen molar-refractivity contribution in [1.29, 1.82) is 0 Å². The molecule has 1 aliphatic carbocycles. The number of aliphatic carboxylic acids is 1. The lowest BCUT2D eigenvalue weighted by molar-refractivity contribution is -0.139. The molecule has 190 valence electrons. The molecule has 1 N–H and O–H groups in total. The van der Waals surface area contributed by atoms with E-state index in [9.17, 15) is 18.0 Å². The van der Waals surface area contributed by atoms with E-state index in [4.69, 9.17) is 14.6 Å². The lowest BCUT2D eigenvalue weighted by atomic mass is 9.97. The van der Waals surface area contributed by atoms with Crippen molar-refractivity contribution in [3.05, 3.63) is 82.9 Å². The monoisotopic (exact) mass is 516 g/mol. The SMILES string of the molecule is Cc1cc(Sc2ccc(OCC(=O)O)c(C3CCCC3)c2)ccc1OCc1ccc(C(F)(F)F)cc1. The zero-order chi connectivity index (χ0) is 25.7. The molecule has 8 heteroatoms. The Kier molecular flexibility index (Phi) is 8.14. The van der Waals surface area contributed by atoms with E-state index in [0.717, 1.165) is 58.7 Å². The van der Waals surface area contributed by atoms with Crippen molar-refractivity contribution in [2.24, 2.45) is 0 Å². The molecule has 0 aromatic heterocycles. The molecule has 0 atom stereocenters. The molecule has 0 radical (unpaired) electrons. The Morgan fingerprint density at radius 2 is 1.58 bits per heavy atom. The zero-order valence-electron chi connectivity index (χ0n) is 19.8. The highest BCUT2D eigenvalue weighted by Gasteiger charge is 2.30. The molecular weight excluding hydrogens is 489 g/mol. The second-order valence-corrected chi connectivity index (χ2v) is 10.0. The number of carboxylic acids is 1. The summed E-state index contributed by atoms with van der Waals surface area (Å²) in [4.78, 5) is 13.0. The maximum Gasteiger partial charge on any atom is 0.416 e. The van der Waals surface area contributed by atoms with Gasteiger partial charge in [-0.15, -0.1) is 0 Å². The van der Waals surface area contributed by atoms with Gasteiger partial charge >= 0.3 is 12.1 Å². The van der Waals surface area contributed by atoms with Crippen LogP contribution >= 0.6 is 11.8 Å². The van der Waals surface area contributed by atoms with Crippen LogP contribution in [0.2, 0.25) is 0 Å². The Balaban J connectivity index is 1.43. The molecule has 3 aromatic rings. The number of halogens is 3. The van der Waals surface area contributed by atoms with Gasteiger partial charge in [0.25, 0.3) is 0 Å². The van der Waals surface area contributed by atoms with Crippen molar-refractivity contribution in [2.45, 2.75) is 61.1 Å². The van der Waals surface area contributed by atoms with Gasteiger partial charge in [-0.05, 0) is 90.9 Å². The minimum atomic E-state index is -4.35. The minimum absolute atomic E-state index is 0.175. The van der Waals surface area contributed by atoms with Gasteiger partial charge in [-0.3, -0.25) is 0 Å². The number of aryl methyl sites for hydroxylation is 1. The van der Waals surface area contributed by atoms with Crippen LogP contribution in [-0.4, -0.2) is 17.7 Å². The first kappa shape index (κ1) is 25.9. The molecule has 1 aliphatic rings. The maximum atomic E-state index is 12.7. The number of alkyl halides is 3. The van der Waals surface area contributed by atoms with E-state index < -0.39 is 17.7 Å². The van der Waals surface area contributed by atoms with Crippen molar-refractivity contribution in [3.8, 4) is 11.5 Å². The molecule has 0 spiro atoms. The zero-order valence-corrected chi connectivity index (χ0v) is 20.6. The molecule has 1 fully saturated rings. The van der Waals surface area contributed by atoms with Gasteiger partial charge in [0.1, 0.15) is 18.1 Å². The Morgan fingerprint density at radius 1 is 0.944 bits per heavy atom. The number of rotatable bonds is 9. The standard InChI is InChI=1S/C28H27F3O4S/c1-18-14-22(10-12-25(18)34-16-19-6-8-21(9-7-19)28(29,30)31)36-23-11-13-26(35-17-27(32)33)24(15-23)20-4-2-3-5-20/h6-15,20H,2-5,16-17H2,1H3,(H,32,33). The van der Waals surface area contributed by atoms with Crippen molar-refractivity contribution >= 4 is 17.7 Å². The van der Waals surface area contributed by atoms with Gasteiger partial charge in [0.15, 0.2) is 6.61 Å². The second-order valence-electron chi connectivity index (χ2n) is 8.88. The third-order valence-corrected chi connectivity index (χ3v) is 7.16. The number of carboxylic acid groups (broad SMARTS) is 1. The number of ether oxygens (including phenoxy) is 2. The van der Waals surface area contributed by atoms with Gasteiger partial charge in [-0.1, -0.05) is 36.7 Å². The molecule has 0 bridgehead atoms. The molecule has 0 heterocycles. The Bertz CT molecular complexity index is 1200. The van der Waals surface area contributed by atoms with E-state index in [1.165, 1.54) is 12.1 Å². The summed E-state index contributed by atoms with van der Waals surface area (Å²) in [5.74, 6) is 0.680. The number of hydrogen-bond acceptors (Lipinski definition) is 4. The van der Waals surface area contributed by atoms with Gasteiger partial charge in [0.05, 0.1) is 5.56 Å². The summed E-state index contributed by atoms with van der Waals surface area (Å²) in [6.07, 6.45) is 0.109. The third-order valence-electron chi connectivity index (χ3n) is 6.19. The topological polar surface area (TPSA) is 55.8 Å². The van der Waals surface area contributed by atoms with Crippen LogP contribution in [0.25, 0.3) is 0 Å². The van der Waals surface area contributed by atoms with E-state index in [-0.39, 0.29) is 13.2 Å². The highest BCUT2D eigenvalue weighted by Crippen LogP contribution is 2.42. The van der Waals surface area contributed by atoms with E-state index in [1.807, 2.05) is 37.3 Å². The van der Waals surface area contributed by atoms with E-state index in [2.05, 4.69) is 6.07 Å². The fourth-order valence-electron chi connectivity index (χ4n) is 4.35. The summed E-state index contributed by atoms with van der Waals surface area (Å²) in [6, 6.07) is 16.7. The molecule has 0 aliphatic heterocycles. The molecule has 36 heavy (non-hydrogen) atoms. The summed E-state index contributed by atoms with van der Waals surface area (Å²) < 4.78 is 49.6. The molecule has 3 aromatic carbocycles. The quantitative estimate of drug-likeness (QED) is 0.314. The van der Waals surface area contributed by atoms with Crippen LogP contribution in [0.4, 0.5) is 13.2 Å². The van der Waals surface area contributed by atoms with Crippen molar-refractivity contribution in [1.82, 2.24) is 0 Å². The smallest absolute Gasteiger partial charge is 0.416 e. The normalized spacial score (nSPS) is 14.1. The van der Waals surface area contributed by atoms with Gasteiger partial charge < -0.3 is 14.6 Å². The van der Waals surface area contributed by atoms with Gasteiger partial charge in [-0.25, -0.2) is 4.79 Å². The summed E-state index contributed by atoms with van der Waals surface area (Å²) >= 11 is 1.60. The van der Waals surface area contributed by atoms with Gasteiger partial charge in [0.2, 0.25) is 0 Å². The molecular formula is C28H27F3O4S. The summed E-state index contributed by atoms with van der Waals surface area (Å²) in [6.45, 7) is 1.74. The predicted molar refractivity (Wildman–Crippen MR) is 132 cm³/mol. The van der Waals surface area contributed by atoms with E-state index in [0.29, 0.717) is 23.0 Å². The highest BCUT2D eigenvalue weighted by molar-refractivity contribution is 7.99. The fraction of sp³-hybridized carbons (Fsp3) is 0.321. The molecule has 0 saturated heterocycles. The molecule has 0 unspecified atom stereocenters. The molecule has 1 saturated carbocycles. The highest BCUT2D eigenvalue weighted by atomic mass is 32.2. The second kappa shape index (κ2) is 11.3. The first-order valence-corrected chi connectivity index (χ1v) is 12.6. The first-order valence-electron chi connectivity index (χ1n) is 11.7. The van der Waals surface area contributed by atoms with Crippen LogP contribution in [0.15, 0.2) is 70.5 Å². The van der Waals surface area contributed by atoms with Crippen LogP contribution in [0.5, 0.6) is 11.5 Å². The Morgan fingerprint density at radius 3 is 2.19 bits per heavy atom. The van der Waals surface area contributed by atoms with E-state index >= 15 is 0 Å². The van der Waals surface area contributed by atoms with Crippen molar-refractivity contribution in [3.63, 3.8) is 0 Å². The summed E-state index contributed by atoms with van der Waals surface area (Å²) in [5.41, 5.74) is 1.96. The fourth-order valence-corrected chi connectivity index (χ4v) is 5.32. The van der Waals surface area contributed by atoms with Crippen molar-refractivity contribution in [2.75, 3.05) is 6.61 Å². The predicted octanol–water partition coefficient (Wildman–Crippen LogP) is 7.87. The van der Waals surface area contributed by atoms with Crippen LogP contribution in [0.3, 0.4) is 0 Å². The number of carbonyl (C=O) groups is 1. The average Bonchev–Trinajstić information content (AvgIpc) is 3.37. The lowest BCUT2D eigenvalue weighted by Gasteiger charge is -2.17. The minimum Gasteiger partial charge on any atom is -0.489 e. The molecule has 0 amide bonds. The molecule has 4 rings (SSSR count). The van der Waals surface area contributed by atoms with Crippen LogP contribution in [0.1, 0.15) is 53.9 Å². The van der Waals surface area contributed by atoms with Crippen LogP contribution in [-0.2, 0) is 17.6 Å². The number of benzene rings is 3. The number of hydrogen-bond donors (Lipinski definition) is 1. The first-order chi connectivity index (χ1) is 17.2. The third kappa shape index (κ3) is 6.75. The summed E-state index contributed by atoms with van der Waals surface area (Å²) in [5, 5.41) is 8.99. The Labute approximate surface area is 212 Å². The Hall–Kier alpha value is -3.13. The largest absolute Gasteiger partial charge is 0.489 e. The summed E-state index contributed by atoms with van der Waals surface area (Å²) in [7, 11) is 0. The van der Waals surface area contributed by atoms with Crippen LogP contribution in [0, 0.1) is 6.92 Å². The van der Waals surface area contributed by atoms with Gasteiger partial charge in [-0.2, -0.15) is 13.2 Å².